The first-order chi connectivity index (χ1) is 17.4. The third-order valence-corrected chi connectivity index (χ3v) is 7.21. The maximum atomic E-state index is 13.2. The fourth-order valence-electron chi connectivity index (χ4n) is 4.86. The van der Waals surface area contributed by atoms with Crippen LogP contribution in [0.15, 0.2) is 88.0 Å². The summed E-state index contributed by atoms with van der Waals surface area (Å²) in [6.07, 6.45) is 0.780. The topological polar surface area (TPSA) is 83.0 Å². The number of aliphatic hydroxyl groups excluding tert-OH is 1. The lowest BCUT2D eigenvalue weighted by Gasteiger charge is -2.41. The molecule has 3 N–H and O–H groups in total. The molecule has 2 atom stereocenters. The van der Waals surface area contributed by atoms with Crippen LogP contribution < -0.4 is 15.4 Å². The molecule has 0 saturated heterocycles. The molecule has 1 aliphatic heterocycles. The number of nitrogens with zero attached hydrogens (tertiary/aromatic N) is 1. The number of fused-ring (bicyclic) bond motifs is 2. The van der Waals surface area contributed by atoms with Gasteiger partial charge < -0.3 is 20.5 Å². The number of methoxy groups -OCH3 is 1. The van der Waals surface area contributed by atoms with Gasteiger partial charge in [-0.25, -0.2) is 4.99 Å². The Kier molecular flexibility index (Phi) is 6.69. The van der Waals surface area contributed by atoms with Crippen molar-refractivity contribution in [1.29, 1.82) is 0 Å². The van der Waals surface area contributed by atoms with Gasteiger partial charge in [0.15, 0.2) is 0 Å². The molecule has 5 rings (SSSR count). The summed E-state index contributed by atoms with van der Waals surface area (Å²) in [7, 11) is 1.66. The first-order valence-corrected chi connectivity index (χ1v) is 12.7. The molecule has 0 bridgehead atoms. The van der Waals surface area contributed by atoms with Crippen molar-refractivity contribution in [2.75, 3.05) is 7.11 Å². The molecule has 3 aromatic rings. The molecule has 2 unspecified atom stereocenters. The highest BCUT2D eigenvalue weighted by molar-refractivity contribution is 9.10. The van der Waals surface area contributed by atoms with Crippen LogP contribution in [-0.4, -0.2) is 29.5 Å². The zero-order chi connectivity index (χ0) is 25.3. The molecule has 0 aromatic heterocycles. The van der Waals surface area contributed by atoms with Gasteiger partial charge in [0.1, 0.15) is 17.5 Å². The van der Waals surface area contributed by atoms with E-state index in [4.69, 9.17) is 9.73 Å². The minimum absolute atomic E-state index is 0.162. The normalized spacial score (nSPS) is 19.4. The van der Waals surface area contributed by atoms with E-state index in [0.717, 1.165) is 51.1 Å². The molecule has 0 fully saturated rings. The lowest BCUT2D eigenvalue weighted by atomic mass is 9.87. The Morgan fingerprint density at radius 3 is 2.61 bits per heavy atom. The van der Waals surface area contributed by atoms with E-state index in [9.17, 15) is 9.90 Å². The number of hydrogen-bond donors (Lipinski definition) is 3. The van der Waals surface area contributed by atoms with Crippen LogP contribution in [0.3, 0.4) is 0 Å². The molecule has 7 heteroatoms. The minimum atomic E-state index is -1.06. The first kappa shape index (κ1) is 24.3. The maximum Gasteiger partial charge on any atom is 0.226 e. The number of allylic oxidation sites excluding steroid dienone is 1. The summed E-state index contributed by atoms with van der Waals surface area (Å²) in [6, 6.07) is 23.0. The van der Waals surface area contributed by atoms with Crippen LogP contribution in [-0.2, 0) is 17.6 Å². The number of ether oxygens (including phenoxy) is 1. The number of aliphatic imine (C=N–C) groups is 1. The zero-order valence-corrected chi connectivity index (χ0v) is 21.8. The van der Waals surface area contributed by atoms with E-state index >= 15 is 0 Å². The van der Waals surface area contributed by atoms with Gasteiger partial charge in [-0.05, 0) is 66.8 Å². The van der Waals surface area contributed by atoms with Crippen molar-refractivity contribution in [2.24, 2.45) is 4.99 Å². The second-order valence-electron chi connectivity index (χ2n) is 9.26. The number of rotatable bonds is 6. The van der Waals surface area contributed by atoms with Crippen LogP contribution in [0.4, 0.5) is 0 Å². The number of hydrogen-bond acceptors (Lipinski definition) is 5. The molecule has 3 aromatic carbocycles. The Hall–Kier alpha value is -3.42. The Balaban J connectivity index is 1.51. The smallest absolute Gasteiger partial charge is 0.226 e. The van der Waals surface area contributed by atoms with Crippen molar-refractivity contribution >= 4 is 33.2 Å². The van der Waals surface area contributed by atoms with Crippen molar-refractivity contribution in [3.8, 4) is 5.75 Å². The second kappa shape index (κ2) is 9.91. The molecular weight excluding hydrogens is 518 g/mol. The Morgan fingerprint density at radius 2 is 1.89 bits per heavy atom. The lowest BCUT2D eigenvalue weighted by Crippen LogP contribution is -2.64. The van der Waals surface area contributed by atoms with Crippen LogP contribution in [0, 0.1) is 0 Å². The summed E-state index contributed by atoms with van der Waals surface area (Å²) in [4.78, 5) is 18.2. The van der Waals surface area contributed by atoms with E-state index in [1.54, 1.807) is 7.11 Å². The number of amides is 1. The van der Waals surface area contributed by atoms with Crippen molar-refractivity contribution in [3.05, 3.63) is 105 Å². The summed E-state index contributed by atoms with van der Waals surface area (Å²) in [5.41, 5.74) is 4.89. The molecule has 0 radical (unpaired) electrons. The van der Waals surface area contributed by atoms with Gasteiger partial charge in [0.2, 0.25) is 5.91 Å². The van der Waals surface area contributed by atoms with E-state index in [1.807, 2.05) is 79.7 Å². The van der Waals surface area contributed by atoms with Gasteiger partial charge in [0.25, 0.3) is 0 Å². The number of carbonyl (C=O) groups excluding carboxylic acids is 1. The SMILES string of the molecule is COc1ccc2c(c1)CCC1=C2N=C(C(O)c2ccccc2)C(C)(NC(=O)Cc2ccc(Br)cc2)N1. The second-order valence-corrected chi connectivity index (χ2v) is 10.2. The monoisotopic (exact) mass is 545 g/mol. The average molecular weight is 546 g/mol. The number of aryl methyl sites for hydroxylation is 1. The molecular formula is C29H28BrN3O3. The van der Waals surface area contributed by atoms with Crippen molar-refractivity contribution in [1.82, 2.24) is 10.6 Å². The highest BCUT2D eigenvalue weighted by Crippen LogP contribution is 2.38. The Bertz CT molecular complexity index is 1350. The fraction of sp³-hybridized carbons (Fsp3) is 0.241. The van der Waals surface area contributed by atoms with Gasteiger partial charge in [0.05, 0.1) is 24.9 Å². The predicted octanol–water partition coefficient (Wildman–Crippen LogP) is 4.93. The van der Waals surface area contributed by atoms with E-state index < -0.39 is 11.8 Å². The molecule has 0 spiro atoms. The van der Waals surface area contributed by atoms with Gasteiger partial charge in [-0.1, -0.05) is 58.4 Å². The third kappa shape index (κ3) is 4.81. The molecule has 6 nitrogen and oxygen atoms in total. The van der Waals surface area contributed by atoms with E-state index in [1.165, 1.54) is 0 Å². The number of carbonyl (C=O) groups is 1. The standard InChI is InChI=1S/C29H28BrN3O3/c1-29(33-25(34)16-18-8-11-21(30)12-9-18)28(27(35)19-6-4-3-5-7-19)31-26-23-14-13-22(36-2)17-20(23)10-15-24(26)32-29/h3-9,11-14,17,27,32,35H,10,15-16H2,1-2H3,(H,33,34). The quantitative estimate of drug-likeness (QED) is 0.410. The third-order valence-electron chi connectivity index (χ3n) is 6.68. The van der Waals surface area contributed by atoms with Crippen molar-refractivity contribution in [3.63, 3.8) is 0 Å². The first-order valence-electron chi connectivity index (χ1n) is 11.9. The van der Waals surface area contributed by atoms with E-state index in [2.05, 4.69) is 26.6 Å². The summed E-state index contributed by atoms with van der Waals surface area (Å²) in [5, 5.41) is 18.1. The highest BCUT2D eigenvalue weighted by Gasteiger charge is 2.42. The number of benzene rings is 3. The number of nitrogens with one attached hydrogen (secondary N) is 2. The lowest BCUT2D eigenvalue weighted by molar-refractivity contribution is -0.121. The van der Waals surface area contributed by atoms with Gasteiger partial charge >= 0.3 is 0 Å². The Labute approximate surface area is 219 Å². The molecule has 36 heavy (non-hydrogen) atoms. The van der Waals surface area contributed by atoms with Crippen LogP contribution in [0.25, 0.3) is 5.70 Å². The van der Waals surface area contributed by atoms with Gasteiger partial charge in [-0.2, -0.15) is 0 Å². The van der Waals surface area contributed by atoms with Gasteiger partial charge in [-0.3, -0.25) is 4.79 Å². The maximum absolute atomic E-state index is 13.2. The summed E-state index contributed by atoms with van der Waals surface area (Å²) < 4.78 is 6.37. The number of aliphatic hydroxyl groups is 1. The Morgan fingerprint density at radius 1 is 1.14 bits per heavy atom. The highest BCUT2D eigenvalue weighted by atomic mass is 79.9. The van der Waals surface area contributed by atoms with Crippen molar-refractivity contribution < 1.29 is 14.6 Å². The van der Waals surface area contributed by atoms with Crippen molar-refractivity contribution in [2.45, 2.75) is 38.0 Å². The number of halogens is 1. The van der Waals surface area contributed by atoms with Crippen LogP contribution in [0.2, 0.25) is 0 Å². The molecule has 0 saturated carbocycles. The van der Waals surface area contributed by atoms with Gasteiger partial charge in [-0.15, -0.1) is 0 Å². The van der Waals surface area contributed by atoms with E-state index in [0.29, 0.717) is 11.3 Å². The molecule has 184 valence electrons. The molecule has 1 aliphatic carbocycles. The predicted molar refractivity (Wildman–Crippen MR) is 145 cm³/mol. The fourth-order valence-corrected chi connectivity index (χ4v) is 5.12. The van der Waals surface area contributed by atoms with E-state index in [-0.39, 0.29) is 12.3 Å². The van der Waals surface area contributed by atoms with Crippen LogP contribution in [0.5, 0.6) is 5.75 Å². The zero-order valence-electron chi connectivity index (χ0n) is 20.2. The minimum Gasteiger partial charge on any atom is -0.497 e. The summed E-state index contributed by atoms with van der Waals surface area (Å²) in [6.45, 7) is 1.87. The van der Waals surface area contributed by atoms with Crippen LogP contribution >= 0.6 is 15.9 Å². The average Bonchev–Trinajstić information content (AvgIpc) is 2.89. The summed E-state index contributed by atoms with van der Waals surface area (Å²) in [5.74, 6) is 0.644. The molecule has 1 amide bonds. The molecule has 2 aliphatic rings. The summed E-state index contributed by atoms with van der Waals surface area (Å²) >= 11 is 3.43. The molecule has 1 heterocycles. The van der Waals surface area contributed by atoms with Gasteiger partial charge in [0, 0.05) is 15.7 Å². The largest absolute Gasteiger partial charge is 0.497 e. The van der Waals surface area contributed by atoms with Crippen LogP contribution in [0.1, 0.15) is 41.7 Å².